The first-order valence-electron chi connectivity index (χ1n) is 2.40. The van der Waals surface area contributed by atoms with Crippen molar-refractivity contribution in [2.75, 3.05) is 5.21 Å². The molecule has 0 heterocycles. The van der Waals surface area contributed by atoms with Crippen LogP contribution >= 0.6 is 35.0 Å². The molecule has 0 rings (SSSR count). The Morgan fingerprint density at radius 3 is 2.67 bits per heavy atom. The van der Waals surface area contributed by atoms with E-state index in [0.29, 0.717) is 5.21 Å². The largest absolute Gasteiger partial charge is 0.114 e. The van der Waals surface area contributed by atoms with Gasteiger partial charge in [-0.2, -0.15) is 0 Å². The lowest BCUT2D eigenvalue weighted by Crippen LogP contribution is -1.70. The van der Waals surface area contributed by atoms with Crippen LogP contribution in [0.4, 0.5) is 0 Å². The molecule has 0 aliphatic rings. The molecule has 0 aliphatic heterocycles. The summed E-state index contributed by atoms with van der Waals surface area (Å²) in [5.41, 5.74) is 0.974. The van der Waals surface area contributed by atoms with E-state index < -0.39 is 0 Å². The zero-order chi connectivity index (χ0) is 7.28. The van der Waals surface area contributed by atoms with Crippen LogP contribution in [0.2, 0.25) is 0 Å². The maximum absolute atomic E-state index is 5.72. The quantitative estimate of drug-likeness (QED) is 0.476. The Kier molecular flexibility index (Phi) is 5.45. The third kappa shape index (κ3) is 3.90. The van der Waals surface area contributed by atoms with E-state index in [2.05, 4.69) is 6.58 Å². The van der Waals surface area contributed by atoms with Crippen LogP contribution in [0, 0.1) is 0 Å². The van der Waals surface area contributed by atoms with Crippen molar-refractivity contribution in [2.45, 2.75) is 6.92 Å². The molecule has 0 aromatic rings. The zero-order valence-corrected chi connectivity index (χ0v) is 7.48. The van der Waals surface area contributed by atoms with E-state index >= 15 is 0 Å². The standard InChI is InChI=1S/C6H8Cl2S/c1-3-5(2)6(8)9-4-7/h3H,1,4H2,2H3/b6-5-. The fourth-order valence-electron chi connectivity index (χ4n) is 0.242. The Bertz CT molecular complexity index is 129. The van der Waals surface area contributed by atoms with Crippen molar-refractivity contribution in [3.05, 3.63) is 22.6 Å². The highest BCUT2D eigenvalue weighted by Gasteiger charge is 1.93. The van der Waals surface area contributed by atoms with Crippen molar-refractivity contribution in [3.8, 4) is 0 Å². The smallest absolute Gasteiger partial charge is 0.0775 e. The van der Waals surface area contributed by atoms with Crippen molar-refractivity contribution >= 4 is 35.0 Å². The summed E-state index contributed by atoms with van der Waals surface area (Å²) in [6.07, 6.45) is 1.71. The lowest BCUT2D eigenvalue weighted by molar-refractivity contribution is 1.55. The molecular formula is C6H8Cl2S. The number of alkyl halides is 1. The molecule has 0 spiro atoms. The van der Waals surface area contributed by atoms with Crippen molar-refractivity contribution in [1.82, 2.24) is 0 Å². The number of hydrogen-bond donors (Lipinski definition) is 0. The monoisotopic (exact) mass is 182 g/mol. The molecule has 0 unspecified atom stereocenters. The van der Waals surface area contributed by atoms with Gasteiger partial charge >= 0.3 is 0 Å². The normalized spacial score (nSPS) is 12.8. The van der Waals surface area contributed by atoms with Gasteiger partial charge in [-0.3, -0.25) is 0 Å². The molecule has 0 aromatic heterocycles. The Morgan fingerprint density at radius 1 is 1.78 bits per heavy atom. The second kappa shape index (κ2) is 5.21. The summed E-state index contributed by atoms with van der Waals surface area (Å²) in [5.74, 6) is 0. The Labute approximate surface area is 69.9 Å². The van der Waals surface area contributed by atoms with Gasteiger partial charge in [-0.25, -0.2) is 0 Å². The van der Waals surface area contributed by atoms with E-state index in [1.165, 1.54) is 11.8 Å². The molecule has 3 heteroatoms. The van der Waals surface area contributed by atoms with Crippen LogP contribution in [0.5, 0.6) is 0 Å². The maximum atomic E-state index is 5.72. The fourth-order valence-corrected chi connectivity index (χ4v) is 1.38. The first kappa shape index (κ1) is 9.41. The first-order valence-corrected chi connectivity index (χ1v) is 4.29. The summed E-state index contributed by atoms with van der Waals surface area (Å²) in [6, 6.07) is 0. The highest BCUT2D eigenvalue weighted by atomic mass is 35.5. The number of rotatable bonds is 3. The average molecular weight is 183 g/mol. The molecule has 0 radical (unpaired) electrons. The minimum absolute atomic E-state index is 0.490. The Hall–Kier alpha value is 0.410. The summed E-state index contributed by atoms with van der Waals surface area (Å²) < 4.78 is 0.722. The minimum Gasteiger partial charge on any atom is -0.114 e. The van der Waals surface area contributed by atoms with Crippen LogP contribution in [-0.2, 0) is 0 Å². The van der Waals surface area contributed by atoms with Gasteiger partial charge in [0.05, 0.1) is 9.58 Å². The molecule has 0 amide bonds. The number of hydrogen-bond acceptors (Lipinski definition) is 1. The molecule has 0 fully saturated rings. The van der Waals surface area contributed by atoms with Gasteiger partial charge in [0.2, 0.25) is 0 Å². The Balaban J connectivity index is 3.93. The van der Waals surface area contributed by atoms with Gasteiger partial charge < -0.3 is 0 Å². The van der Waals surface area contributed by atoms with Crippen molar-refractivity contribution < 1.29 is 0 Å². The molecule has 9 heavy (non-hydrogen) atoms. The molecular weight excluding hydrogens is 175 g/mol. The first-order chi connectivity index (χ1) is 4.22. The molecule has 0 saturated heterocycles. The second-order valence-electron chi connectivity index (χ2n) is 1.41. The molecule has 0 nitrogen and oxygen atoms in total. The van der Waals surface area contributed by atoms with Gasteiger partial charge in [0.15, 0.2) is 0 Å². The van der Waals surface area contributed by atoms with Gasteiger partial charge in [-0.1, -0.05) is 36.0 Å². The topological polar surface area (TPSA) is 0 Å². The number of allylic oxidation sites excluding steroid dienone is 2. The van der Waals surface area contributed by atoms with Gasteiger partial charge in [0, 0.05) is 0 Å². The van der Waals surface area contributed by atoms with Gasteiger partial charge in [-0.05, 0) is 12.5 Å². The third-order valence-corrected chi connectivity index (χ3v) is 2.43. The lowest BCUT2D eigenvalue weighted by atomic mass is 10.4. The highest BCUT2D eigenvalue weighted by molar-refractivity contribution is 8.05. The lowest BCUT2D eigenvalue weighted by Gasteiger charge is -1.95. The molecule has 0 atom stereocenters. The van der Waals surface area contributed by atoms with E-state index in [-0.39, 0.29) is 0 Å². The van der Waals surface area contributed by atoms with E-state index in [0.717, 1.165) is 9.94 Å². The van der Waals surface area contributed by atoms with E-state index in [9.17, 15) is 0 Å². The Morgan fingerprint density at radius 2 is 2.33 bits per heavy atom. The van der Waals surface area contributed by atoms with Crippen LogP contribution < -0.4 is 0 Å². The molecule has 0 saturated carbocycles. The SMILES string of the molecule is C=C/C(C)=C(/Cl)SCCl. The van der Waals surface area contributed by atoms with Crippen LogP contribution in [0.15, 0.2) is 22.6 Å². The highest BCUT2D eigenvalue weighted by Crippen LogP contribution is 2.24. The fraction of sp³-hybridized carbons (Fsp3) is 0.333. The molecule has 0 bridgehead atoms. The summed E-state index contributed by atoms with van der Waals surface area (Å²) >= 11 is 12.5. The van der Waals surface area contributed by atoms with Crippen molar-refractivity contribution in [3.63, 3.8) is 0 Å². The van der Waals surface area contributed by atoms with Crippen LogP contribution in [-0.4, -0.2) is 5.21 Å². The predicted molar refractivity (Wildman–Crippen MR) is 47.1 cm³/mol. The molecule has 0 N–H and O–H groups in total. The van der Waals surface area contributed by atoms with Crippen LogP contribution in [0.1, 0.15) is 6.92 Å². The van der Waals surface area contributed by atoms with Gasteiger partial charge in [-0.15, -0.1) is 11.6 Å². The van der Waals surface area contributed by atoms with Gasteiger partial charge in [0.1, 0.15) is 0 Å². The summed E-state index contributed by atoms with van der Waals surface area (Å²) in [4.78, 5) is 0. The maximum Gasteiger partial charge on any atom is 0.0775 e. The average Bonchev–Trinajstić information content (AvgIpc) is 1.87. The molecule has 0 aromatic carbocycles. The molecule has 52 valence electrons. The minimum atomic E-state index is 0.490. The zero-order valence-electron chi connectivity index (χ0n) is 5.16. The number of thioether (sulfide) groups is 1. The summed E-state index contributed by atoms with van der Waals surface area (Å²) in [7, 11) is 0. The van der Waals surface area contributed by atoms with Crippen LogP contribution in [0.25, 0.3) is 0 Å². The van der Waals surface area contributed by atoms with Gasteiger partial charge in [0.25, 0.3) is 0 Å². The van der Waals surface area contributed by atoms with Crippen molar-refractivity contribution in [2.24, 2.45) is 0 Å². The summed E-state index contributed by atoms with van der Waals surface area (Å²) in [6.45, 7) is 5.46. The van der Waals surface area contributed by atoms with E-state index in [1.807, 2.05) is 6.92 Å². The van der Waals surface area contributed by atoms with E-state index in [4.69, 9.17) is 23.2 Å². The summed E-state index contributed by atoms with van der Waals surface area (Å²) in [5, 5.41) is 0.490. The van der Waals surface area contributed by atoms with Crippen LogP contribution in [0.3, 0.4) is 0 Å². The second-order valence-corrected chi connectivity index (χ2v) is 3.59. The third-order valence-electron chi connectivity index (χ3n) is 0.797. The van der Waals surface area contributed by atoms with E-state index in [1.54, 1.807) is 6.08 Å². The van der Waals surface area contributed by atoms with Crippen molar-refractivity contribution in [1.29, 1.82) is 0 Å². The number of halogens is 2. The predicted octanol–water partition coefficient (Wildman–Crippen LogP) is 3.57. The molecule has 0 aliphatic carbocycles.